The van der Waals surface area contributed by atoms with Crippen molar-refractivity contribution in [3.05, 3.63) is 89.3 Å². The Labute approximate surface area is 208 Å². The Morgan fingerprint density at radius 1 is 1.14 bits per heavy atom. The molecule has 3 N–H and O–H groups in total. The number of hydrogen-bond acceptors (Lipinski definition) is 6. The van der Waals surface area contributed by atoms with E-state index in [0.29, 0.717) is 30.1 Å². The number of aliphatic hydroxyl groups is 1. The van der Waals surface area contributed by atoms with Gasteiger partial charge in [-0.3, -0.25) is 4.79 Å². The van der Waals surface area contributed by atoms with Crippen LogP contribution in [0.1, 0.15) is 43.6 Å². The van der Waals surface area contributed by atoms with Gasteiger partial charge in [-0.1, -0.05) is 13.0 Å². The van der Waals surface area contributed by atoms with Crippen LogP contribution in [0.3, 0.4) is 0 Å². The van der Waals surface area contributed by atoms with Crippen molar-refractivity contribution in [3.63, 3.8) is 0 Å². The number of primary amides is 1. The molecular weight excluding hydrogens is 446 g/mol. The average Bonchev–Trinajstić information content (AvgIpc) is 3.34. The smallest absolute Gasteiger partial charge is 0.217 e. The standard InChI is InChI=1S/C23H31NO5.C5H6O/c1-6-17(12-16(10-11-25)13-19(7-2)27-3)20-15-22(29-5)21(28-4)14-18(20)8-9-23(24)26;1-5-3-2-4-6-5/h7,10-15,25H,6,8-9H2,1-5H3,(H2,24,26);2-4H,1H3/b11-10+,16-13+,17-12-,19-7+;. The third kappa shape index (κ3) is 9.88. The number of furan rings is 1. The maximum Gasteiger partial charge on any atom is 0.217 e. The molecule has 1 aromatic heterocycles. The molecule has 1 aromatic carbocycles. The summed E-state index contributed by atoms with van der Waals surface area (Å²) in [5, 5.41) is 9.30. The Morgan fingerprint density at radius 3 is 2.26 bits per heavy atom. The Morgan fingerprint density at radius 2 is 1.83 bits per heavy atom. The minimum absolute atomic E-state index is 0.227. The molecular formula is C28H37NO6. The van der Waals surface area contributed by atoms with E-state index in [1.165, 1.54) is 0 Å². The fraction of sp³-hybridized carbons (Fsp3) is 0.321. The fourth-order valence-corrected chi connectivity index (χ4v) is 3.27. The van der Waals surface area contributed by atoms with E-state index < -0.39 is 0 Å². The molecule has 7 heteroatoms. The van der Waals surface area contributed by atoms with E-state index >= 15 is 0 Å². The number of aliphatic hydroxyl groups excluding tert-OH is 1. The lowest BCUT2D eigenvalue weighted by molar-refractivity contribution is -0.117. The van der Waals surface area contributed by atoms with Crippen LogP contribution >= 0.6 is 0 Å². The Bertz CT molecular complexity index is 1050. The van der Waals surface area contributed by atoms with E-state index in [1.54, 1.807) is 33.7 Å². The first-order valence-corrected chi connectivity index (χ1v) is 11.3. The van der Waals surface area contributed by atoms with Crippen LogP contribution in [0.4, 0.5) is 0 Å². The molecule has 1 heterocycles. The Kier molecular flexibility index (Phi) is 13.2. The molecule has 0 aliphatic rings. The molecule has 0 fully saturated rings. The van der Waals surface area contributed by atoms with Gasteiger partial charge in [0.25, 0.3) is 0 Å². The summed E-state index contributed by atoms with van der Waals surface area (Å²) in [7, 11) is 4.74. The van der Waals surface area contributed by atoms with Gasteiger partial charge in [0.15, 0.2) is 11.5 Å². The molecule has 0 spiro atoms. The van der Waals surface area contributed by atoms with Crippen molar-refractivity contribution >= 4 is 11.5 Å². The maximum absolute atomic E-state index is 11.3. The lowest BCUT2D eigenvalue weighted by Gasteiger charge is -2.17. The summed E-state index contributed by atoms with van der Waals surface area (Å²) in [6, 6.07) is 7.56. The second kappa shape index (κ2) is 15.9. The molecule has 0 atom stereocenters. The van der Waals surface area contributed by atoms with Crippen molar-refractivity contribution in [1.82, 2.24) is 0 Å². The van der Waals surface area contributed by atoms with Gasteiger partial charge in [-0.25, -0.2) is 0 Å². The topological polar surface area (TPSA) is 104 Å². The van der Waals surface area contributed by atoms with Crippen molar-refractivity contribution < 1.29 is 28.5 Å². The Balaban J connectivity index is 0.000000882. The predicted molar refractivity (Wildman–Crippen MR) is 139 cm³/mol. The van der Waals surface area contributed by atoms with Crippen molar-refractivity contribution in [2.45, 2.75) is 40.0 Å². The van der Waals surface area contributed by atoms with Gasteiger partial charge in [-0.2, -0.15) is 0 Å². The van der Waals surface area contributed by atoms with Crippen LogP contribution in [0.2, 0.25) is 0 Å². The molecule has 0 aliphatic heterocycles. The zero-order valence-electron chi connectivity index (χ0n) is 21.5. The SMILES string of the molecule is C\C=C(/C=C(/C=C(/CC)c1cc(OC)c(OC)cc1CCC(N)=O)\C=C\O)OC.Cc1ccco1. The van der Waals surface area contributed by atoms with Crippen molar-refractivity contribution in [1.29, 1.82) is 0 Å². The molecule has 0 saturated heterocycles. The molecule has 35 heavy (non-hydrogen) atoms. The average molecular weight is 484 g/mol. The van der Waals surface area contributed by atoms with Gasteiger partial charge in [0, 0.05) is 6.42 Å². The van der Waals surface area contributed by atoms with Crippen LogP contribution < -0.4 is 15.2 Å². The van der Waals surface area contributed by atoms with Gasteiger partial charge < -0.3 is 29.5 Å². The molecule has 0 bridgehead atoms. The molecule has 0 unspecified atom stereocenters. The molecule has 1 amide bonds. The number of hydrogen-bond donors (Lipinski definition) is 2. The van der Waals surface area contributed by atoms with E-state index in [-0.39, 0.29) is 12.3 Å². The number of amides is 1. The Hall–Kier alpha value is -3.87. The lowest BCUT2D eigenvalue weighted by Crippen LogP contribution is -2.12. The number of ether oxygens (including phenoxy) is 3. The third-order valence-electron chi connectivity index (χ3n) is 5.08. The number of methoxy groups -OCH3 is 3. The summed E-state index contributed by atoms with van der Waals surface area (Å²) in [5.74, 6) is 2.46. The van der Waals surface area contributed by atoms with Gasteiger partial charge in [0.05, 0.1) is 33.9 Å². The van der Waals surface area contributed by atoms with E-state index in [2.05, 4.69) is 0 Å². The highest BCUT2D eigenvalue weighted by atomic mass is 16.5. The zero-order chi connectivity index (χ0) is 26.2. The van der Waals surface area contributed by atoms with Gasteiger partial charge in [-0.05, 0) is 91.5 Å². The van der Waals surface area contributed by atoms with Crippen LogP contribution in [-0.2, 0) is 16.0 Å². The molecule has 0 radical (unpaired) electrons. The number of carbonyl (C=O) groups is 1. The van der Waals surface area contributed by atoms with Crippen LogP contribution in [0.25, 0.3) is 5.57 Å². The summed E-state index contributed by atoms with van der Waals surface area (Å²) < 4.78 is 21.0. The van der Waals surface area contributed by atoms with E-state index in [0.717, 1.165) is 34.3 Å². The van der Waals surface area contributed by atoms with Crippen LogP contribution in [0.15, 0.2) is 76.8 Å². The van der Waals surface area contributed by atoms with Gasteiger partial charge in [-0.15, -0.1) is 0 Å². The lowest BCUT2D eigenvalue weighted by atomic mass is 9.92. The molecule has 2 rings (SSSR count). The van der Waals surface area contributed by atoms with E-state index in [1.807, 2.05) is 63.3 Å². The maximum atomic E-state index is 11.3. The first-order valence-electron chi connectivity index (χ1n) is 11.3. The number of nitrogens with two attached hydrogens (primary N) is 1. The molecule has 0 aliphatic carbocycles. The normalized spacial score (nSPS) is 12.2. The summed E-state index contributed by atoms with van der Waals surface area (Å²) in [6.07, 6.45) is 11.3. The van der Waals surface area contributed by atoms with E-state index in [9.17, 15) is 9.90 Å². The summed E-state index contributed by atoms with van der Waals surface area (Å²) >= 11 is 0. The minimum Gasteiger partial charge on any atom is -0.516 e. The van der Waals surface area contributed by atoms with E-state index in [4.69, 9.17) is 24.4 Å². The number of carbonyl (C=O) groups excluding carboxylic acids is 1. The number of aryl methyl sites for hydroxylation is 2. The van der Waals surface area contributed by atoms with Crippen LogP contribution in [0.5, 0.6) is 11.5 Å². The van der Waals surface area contributed by atoms with Gasteiger partial charge in [0.1, 0.15) is 11.5 Å². The number of rotatable bonds is 11. The van der Waals surface area contributed by atoms with Crippen LogP contribution in [-0.4, -0.2) is 32.3 Å². The largest absolute Gasteiger partial charge is 0.516 e. The highest BCUT2D eigenvalue weighted by Gasteiger charge is 2.15. The summed E-state index contributed by atoms with van der Waals surface area (Å²) in [6.45, 7) is 5.82. The summed E-state index contributed by atoms with van der Waals surface area (Å²) in [4.78, 5) is 11.3. The second-order valence-corrected chi connectivity index (χ2v) is 7.43. The predicted octanol–water partition coefficient (Wildman–Crippen LogP) is 6.05. The first-order chi connectivity index (χ1) is 16.8. The minimum atomic E-state index is -0.366. The highest BCUT2D eigenvalue weighted by Crippen LogP contribution is 2.36. The highest BCUT2D eigenvalue weighted by molar-refractivity contribution is 5.76. The zero-order valence-corrected chi connectivity index (χ0v) is 21.5. The fourth-order valence-electron chi connectivity index (χ4n) is 3.27. The molecule has 7 nitrogen and oxygen atoms in total. The van der Waals surface area contributed by atoms with Crippen molar-refractivity contribution in [2.75, 3.05) is 21.3 Å². The molecule has 190 valence electrons. The molecule has 0 saturated carbocycles. The van der Waals surface area contributed by atoms with Crippen LogP contribution in [0, 0.1) is 6.92 Å². The second-order valence-electron chi connectivity index (χ2n) is 7.43. The van der Waals surface area contributed by atoms with Crippen molar-refractivity contribution in [2.24, 2.45) is 5.73 Å². The summed E-state index contributed by atoms with van der Waals surface area (Å²) in [5.41, 5.74) is 8.98. The number of allylic oxidation sites excluding steroid dienone is 6. The molecule has 2 aromatic rings. The third-order valence-corrected chi connectivity index (χ3v) is 5.08. The van der Waals surface area contributed by atoms with Crippen molar-refractivity contribution in [3.8, 4) is 11.5 Å². The quantitative estimate of drug-likeness (QED) is 0.298. The van der Waals surface area contributed by atoms with Gasteiger partial charge >= 0.3 is 0 Å². The number of benzene rings is 1. The first kappa shape index (κ1) is 29.2. The van der Waals surface area contributed by atoms with Gasteiger partial charge in [0.2, 0.25) is 5.91 Å². The monoisotopic (exact) mass is 483 g/mol.